The van der Waals surface area contributed by atoms with E-state index in [1.54, 1.807) is 0 Å². The quantitative estimate of drug-likeness (QED) is 0.625. The SMILES string of the molecule is Cc1ccc(C=O)c(-c2cc3cccc(C)c3o2)c1. The van der Waals surface area contributed by atoms with Crippen LogP contribution in [0.2, 0.25) is 0 Å². The van der Waals surface area contributed by atoms with E-state index >= 15 is 0 Å². The molecule has 19 heavy (non-hydrogen) atoms. The molecule has 0 aliphatic carbocycles. The lowest BCUT2D eigenvalue weighted by Gasteiger charge is -2.02. The van der Waals surface area contributed by atoms with Gasteiger partial charge in [0, 0.05) is 16.5 Å². The molecule has 0 unspecified atom stereocenters. The molecule has 0 spiro atoms. The van der Waals surface area contributed by atoms with Gasteiger partial charge in [-0.2, -0.15) is 0 Å². The molecule has 0 atom stereocenters. The highest BCUT2D eigenvalue weighted by atomic mass is 16.3. The predicted octanol–water partition coefficient (Wildman–Crippen LogP) is 4.53. The summed E-state index contributed by atoms with van der Waals surface area (Å²) in [6.07, 6.45) is 0.870. The lowest BCUT2D eigenvalue weighted by molar-refractivity contribution is 0.112. The zero-order valence-electron chi connectivity index (χ0n) is 10.9. The van der Waals surface area contributed by atoms with Gasteiger partial charge in [-0.3, -0.25) is 4.79 Å². The van der Waals surface area contributed by atoms with Gasteiger partial charge in [-0.15, -0.1) is 0 Å². The molecule has 0 radical (unpaired) electrons. The smallest absolute Gasteiger partial charge is 0.150 e. The molecule has 0 saturated carbocycles. The summed E-state index contributed by atoms with van der Waals surface area (Å²) < 4.78 is 5.92. The van der Waals surface area contributed by atoms with Crippen LogP contribution >= 0.6 is 0 Å². The number of hydrogen-bond donors (Lipinski definition) is 0. The van der Waals surface area contributed by atoms with Gasteiger partial charge in [-0.05, 0) is 31.5 Å². The fourth-order valence-corrected chi connectivity index (χ4v) is 2.33. The van der Waals surface area contributed by atoms with Crippen molar-refractivity contribution in [2.24, 2.45) is 0 Å². The van der Waals surface area contributed by atoms with Crippen LogP contribution in [0.4, 0.5) is 0 Å². The Kier molecular flexibility index (Phi) is 2.71. The van der Waals surface area contributed by atoms with E-state index in [1.165, 1.54) is 0 Å². The summed E-state index contributed by atoms with van der Waals surface area (Å²) in [4.78, 5) is 11.2. The molecule has 2 nitrogen and oxygen atoms in total. The second-order valence-corrected chi connectivity index (χ2v) is 4.81. The third-order valence-electron chi connectivity index (χ3n) is 3.34. The van der Waals surface area contributed by atoms with Crippen molar-refractivity contribution >= 4 is 17.3 Å². The Morgan fingerprint density at radius 3 is 2.63 bits per heavy atom. The van der Waals surface area contributed by atoms with Crippen LogP contribution in [0.3, 0.4) is 0 Å². The van der Waals surface area contributed by atoms with Crippen molar-refractivity contribution in [1.29, 1.82) is 0 Å². The molecular formula is C17H14O2. The fourth-order valence-electron chi connectivity index (χ4n) is 2.33. The first-order chi connectivity index (χ1) is 9.19. The Hall–Kier alpha value is -2.35. The maximum atomic E-state index is 11.2. The van der Waals surface area contributed by atoms with Gasteiger partial charge in [0.2, 0.25) is 0 Å². The van der Waals surface area contributed by atoms with E-state index in [0.717, 1.165) is 39.7 Å². The average molecular weight is 250 g/mol. The zero-order valence-corrected chi connectivity index (χ0v) is 10.9. The van der Waals surface area contributed by atoms with Gasteiger partial charge in [0.05, 0.1) is 0 Å². The molecule has 0 bridgehead atoms. The molecule has 2 heteroatoms. The minimum Gasteiger partial charge on any atom is -0.456 e. The number of hydrogen-bond acceptors (Lipinski definition) is 2. The first kappa shape index (κ1) is 11.7. The molecule has 0 aliphatic heterocycles. The summed E-state index contributed by atoms with van der Waals surface area (Å²) in [7, 11) is 0. The molecule has 2 aromatic carbocycles. The van der Waals surface area contributed by atoms with Crippen LogP contribution in [0.15, 0.2) is 46.9 Å². The summed E-state index contributed by atoms with van der Waals surface area (Å²) in [6.45, 7) is 4.03. The molecule has 1 aromatic heterocycles. The lowest BCUT2D eigenvalue weighted by atomic mass is 10.0. The summed E-state index contributed by atoms with van der Waals surface area (Å²) in [5.41, 5.74) is 4.60. The fraction of sp³-hybridized carbons (Fsp3) is 0.118. The van der Waals surface area contributed by atoms with Crippen LogP contribution in [0.25, 0.3) is 22.3 Å². The van der Waals surface area contributed by atoms with Gasteiger partial charge in [-0.1, -0.05) is 35.9 Å². The Balaban J connectivity index is 2.27. The van der Waals surface area contributed by atoms with E-state index in [4.69, 9.17) is 4.42 Å². The van der Waals surface area contributed by atoms with E-state index < -0.39 is 0 Å². The summed E-state index contributed by atoms with van der Waals surface area (Å²) in [6, 6.07) is 13.8. The van der Waals surface area contributed by atoms with Gasteiger partial charge in [0.15, 0.2) is 6.29 Å². The summed E-state index contributed by atoms with van der Waals surface area (Å²) in [5.74, 6) is 0.745. The third kappa shape index (κ3) is 1.95. The van der Waals surface area contributed by atoms with Crippen molar-refractivity contribution in [3.63, 3.8) is 0 Å². The normalized spacial score (nSPS) is 10.8. The Morgan fingerprint density at radius 1 is 1.05 bits per heavy atom. The van der Waals surface area contributed by atoms with Gasteiger partial charge in [0.25, 0.3) is 0 Å². The molecule has 0 N–H and O–H groups in total. The van der Waals surface area contributed by atoms with E-state index in [2.05, 4.69) is 0 Å². The van der Waals surface area contributed by atoms with Crippen LogP contribution in [-0.4, -0.2) is 6.29 Å². The van der Waals surface area contributed by atoms with Crippen LogP contribution in [0, 0.1) is 13.8 Å². The number of para-hydroxylation sites is 1. The maximum Gasteiger partial charge on any atom is 0.150 e. The molecule has 94 valence electrons. The highest BCUT2D eigenvalue weighted by Gasteiger charge is 2.11. The van der Waals surface area contributed by atoms with Crippen molar-refractivity contribution in [2.45, 2.75) is 13.8 Å². The maximum absolute atomic E-state index is 11.2. The molecular weight excluding hydrogens is 236 g/mol. The second kappa shape index (κ2) is 4.39. The number of fused-ring (bicyclic) bond motifs is 1. The number of aldehydes is 1. The van der Waals surface area contributed by atoms with E-state index in [9.17, 15) is 4.79 Å². The van der Waals surface area contributed by atoms with Crippen LogP contribution in [-0.2, 0) is 0 Å². The van der Waals surface area contributed by atoms with Crippen molar-refractivity contribution in [2.75, 3.05) is 0 Å². The lowest BCUT2D eigenvalue weighted by Crippen LogP contribution is -1.87. The first-order valence-electron chi connectivity index (χ1n) is 6.24. The standard InChI is InChI=1S/C17H14O2/c1-11-6-7-14(10-18)15(8-11)16-9-13-5-3-4-12(2)17(13)19-16/h3-10H,1-2H3. The molecule has 3 aromatic rings. The Morgan fingerprint density at radius 2 is 1.89 bits per heavy atom. The van der Waals surface area contributed by atoms with Crippen molar-refractivity contribution in [3.05, 3.63) is 59.2 Å². The number of carbonyl (C=O) groups is 1. The number of furan rings is 1. The summed E-state index contributed by atoms with van der Waals surface area (Å²) in [5, 5.41) is 1.06. The predicted molar refractivity (Wildman–Crippen MR) is 76.5 cm³/mol. The minimum atomic E-state index is 0.655. The van der Waals surface area contributed by atoms with E-state index in [1.807, 2.05) is 56.3 Å². The van der Waals surface area contributed by atoms with Crippen LogP contribution in [0.1, 0.15) is 21.5 Å². The Labute approximate surface area is 111 Å². The van der Waals surface area contributed by atoms with E-state index in [0.29, 0.717) is 5.56 Å². The zero-order chi connectivity index (χ0) is 13.4. The van der Waals surface area contributed by atoms with E-state index in [-0.39, 0.29) is 0 Å². The monoisotopic (exact) mass is 250 g/mol. The van der Waals surface area contributed by atoms with Crippen molar-refractivity contribution in [3.8, 4) is 11.3 Å². The highest BCUT2D eigenvalue weighted by molar-refractivity contribution is 5.91. The molecule has 3 rings (SSSR count). The molecule has 0 saturated heterocycles. The second-order valence-electron chi connectivity index (χ2n) is 4.81. The van der Waals surface area contributed by atoms with Crippen LogP contribution in [0.5, 0.6) is 0 Å². The average Bonchev–Trinajstić information content (AvgIpc) is 2.84. The molecule has 0 fully saturated rings. The highest BCUT2D eigenvalue weighted by Crippen LogP contribution is 2.31. The first-order valence-corrected chi connectivity index (χ1v) is 6.24. The molecule has 0 amide bonds. The minimum absolute atomic E-state index is 0.655. The summed E-state index contributed by atoms with van der Waals surface area (Å²) >= 11 is 0. The topological polar surface area (TPSA) is 30.2 Å². The third-order valence-corrected chi connectivity index (χ3v) is 3.34. The number of rotatable bonds is 2. The van der Waals surface area contributed by atoms with Gasteiger partial charge < -0.3 is 4.42 Å². The molecule has 1 heterocycles. The largest absolute Gasteiger partial charge is 0.456 e. The number of carbonyl (C=O) groups excluding carboxylic acids is 1. The van der Waals surface area contributed by atoms with Crippen molar-refractivity contribution in [1.82, 2.24) is 0 Å². The molecule has 0 aliphatic rings. The van der Waals surface area contributed by atoms with Crippen LogP contribution < -0.4 is 0 Å². The van der Waals surface area contributed by atoms with Gasteiger partial charge >= 0.3 is 0 Å². The van der Waals surface area contributed by atoms with Crippen molar-refractivity contribution < 1.29 is 9.21 Å². The number of aryl methyl sites for hydroxylation is 2. The van der Waals surface area contributed by atoms with Gasteiger partial charge in [0.1, 0.15) is 11.3 Å². The number of benzene rings is 2. The Bertz CT molecular complexity index is 766. The van der Waals surface area contributed by atoms with Gasteiger partial charge in [-0.25, -0.2) is 0 Å².